The number of hydrogen-bond acceptors (Lipinski definition) is 9. The smallest absolute Gasteiger partial charge is 0.412 e. The molecule has 0 saturated heterocycles. The van der Waals surface area contributed by atoms with Crippen molar-refractivity contribution in [3.63, 3.8) is 0 Å². The minimum Gasteiger partial charge on any atom is -0.481 e. The summed E-state index contributed by atoms with van der Waals surface area (Å²) in [5, 5.41) is 14.0. The summed E-state index contributed by atoms with van der Waals surface area (Å²) in [7, 11) is 0. The number of aryl methyl sites for hydroxylation is 1. The number of ether oxygens (including phenoxy) is 1. The molecule has 0 atom stereocenters. The number of anilines is 1. The van der Waals surface area contributed by atoms with Crippen LogP contribution in [-0.4, -0.2) is 32.1 Å². The Morgan fingerprint density at radius 1 is 1.19 bits per heavy atom. The molecule has 37 heavy (non-hydrogen) atoms. The highest BCUT2D eigenvalue weighted by molar-refractivity contribution is 7.38. The molecule has 1 saturated carbocycles. The maximum atomic E-state index is 12.6. The first-order chi connectivity index (χ1) is 17.9. The van der Waals surface area contributed by atoms with Crippen LogP contribution in [-0.2, 0) is 21.6 Å². The average Bonchev–Trinajstić information content (AvgIpc) is 3.32. The first-order valence-corrected chi connectivity index (χ1v) is 12.9. The average molecular weight is 531 g/mol. The van der Waals surface area contributed by atoms with Crippen LogP contribution in [0.3, 0.4) is 0 Å². The van der Waals surface area contributed by atoms with Gasteiger partial charge in [-0.3, -0.25) is 15.1 Å². The number of furan rings is 1. The van der Waals surface area contributed by atoms with Gasteiger partial charge in [-0.25, -0.2) is 14.8 Å². The van der Waals surface area contributed by atoms with Crippen molar-refractivity contribution in [1.82, 2.24) is 15.0 Å². The van der Waals surface area contributed by atoms with E-state index in [1.54, 1.807) is 18.5 Å². The number of carbonyl (C=O) groups is 2. The lowest BCUT2D eigenvalue weighted by Crippen LogP contribution is -2.18. The van der Waals surface area contributed by atoms with Crippen molar-refractivity contribution in [1.29, 1.82) is 0 Å². The molecule has 1 amide bonds. The summed E-state index contributed by atoms with van der Waals surface area (Å²) in [5.74, 6) is 5.32. The molecule has 184 valence electrons. The Balaban J connectivity index is 1.25. The number of fused-ring (bicyclic) bond motifs is 2. The van der Waals surface area contributed by atoms with Crippen LogP contribution in [0.25, 0.3) is 20.6 Å². The number of carboxylic acid groups (broad SMARTS) is 1. The summed E-state index contributed by atoms with van der Waals surface area (Å²) in [5.41, 5.74) is 2.44. The molecule has 4 aromatic heterocycles. The number of benzene rings is 1. The molecular weight excluding hydrogens is 512 g/mol. The Bertz CT molecular complexity index is 1720. The van der Waals surface area contributed by atoms with Crippen LogP contribution in [0.5, 0.6) is 0 Å². The molecule has 2 N–H and O–H groups in total. The zero-order valence-corrected chi connectivity index (χ0v) is 21.0. The SMILES string of the molecule is Cc1ccccc1COC(=O)Nc1c(C#Cc2nc3nc(C4(C(=O)O)CC4)sc3s2)oc2cnccc12. The monoisotopic (exact) mass is 530 g/mol. The van der Waals surface area contributed by atoms with Crippen molar-refractivity contribution in [2.45, 2.75) is 31.8 Å². The molecule has 0 spiro atoms. The van der Waals surface area contributed by atoms with Crippen LogP contribution >= 0.6 is 22.7 Å². The van der Waals surface area contributed by atoms with Gasteiger partial charge in [0, 0.05) is 11.6 Å². The number of carbonyl (C=O) groups excluding carboxylic acids is 1. The van der Waals surface area contributed by atoms with Gasteiger partial charge in [-0.2, -0.15) is 0 Å². The highest BCUT2D eigenvalue weighted by atomic mass is 32.2. The van der Waals surface area contributed by atoms with Crippen LogP contribution in [0.2, 0.25) is 0 Å². The third-order valence-corrected chi connectivity index (χ3v) is 8.47. The number of nitrogens with zero attached hydrogens (tertiary/aromatic N) is 3. The lowest BCUT2D eigenvalue weighted by atomic mass is 10.1. The second kappa shape index (κ2) is 8.99. The molecule has 1 aliphatic carbocycles. The molecule has 1 aliphatic rings. The van der Waals surface area contributed by atoms with Crippen molar-refractivity contribution in [2.75, 3.05) is 5.32 Å². The van der Waals surface area contributed by atoms with E-state index in [1.165, 1.54) is 22.7 Å². The summed E-state index contributed by atoms with van der Waals surface area (Å²) in [6.45, 7) is 2.08. The van der Waals surface area contributed by atoms with Gasteiger partial charge in [0.05, 0.1) is 6.20 Å². The molecule has 0 bridgehead atoms. The fourth-order valence-corrected chi connectivity index (χ4v) is 6.08. The maximum absolute atomic E-state index is 12.6. The van der Waals surface area contributed by atoms with Crippen LogP contribution in [0.1, 0.15) is 39.7 Å². The van der Waals surface area contributed by atoms with E-state index < -0.39 is 17.5 Å². The minimum absolute atomic E-state index is 0.130. The zero-order valence-electron chi connectivity index (χ0n) is 19.4. The molecule has 0 radical (unpaired) electrons. The second-order valence-electron chi connectivity index (χ2n) is 8.59. The first-order valence-electron chi connectivity index (χ1n) is 11.3. The molecule has 6 rings (SSSR count). The number of pyridine rings is 1. The van der Waals surface area contributed by atoms with Crippen molar-refractivity contribution < 1.29 is 23.8 Å². The predicted octanol–water partition coefficient (Wildman–Crippen LogP) is 5.47. The number of thiazole rings is 2. The van der Waals surface area contributed by atoms with E-state index in [4.69, 9.17) is 9.15 Å². The normalized spacial score (nSPS) is 13.8. The molecule has 9 nitrogen and oxygen atoms in total. The lowest BCUT2D eigenvalue weighted by Gasteiger charge is -2.08. The first kappa shape index (κ1) is 23.1. The van der Waals surface area contributed by atoms with Gasteiger partial charge < -0.3 is 14.3 Å². The van der Waals surface area contributed by atoms with Crippen molar-refractivity contribution in [2.24, 2.45) is 0 Å². The van der Waals surface area contributed by atoms with Gasteiger partial charge in [-0.15, -0.1) is 11.3 Å². The van der Waals surface area contributed by atoms with E-state index >= 15 is 0 Å². The largest absolute Gasteiger partial charge is 0.481 e. The molecule has 1 aromatic carbocycles. The number of hydrogen-bond donors (Lipinski definition) is 2. The predicted molar refractivity (Wildman–Crippen MR) is 139 cm³/mol. The summed E-state index contributed by atoms with van der Waals surface area (Å²) < 4.78 is 12.1. The maximum Gasteiger partial charge on any atom is 0.412 e. The van der Waals surface area contributed by atoms with E-state index in [-0.39, 0.29) is 12.4 Å². The third-order valence-electron chi connectivity index (χ3n) is 6.17. The summed E-state index contributed by atoms with van der Waals surface area (Å²) in [6, 6.07) is 9.40. The molecule has 4 heterocycles. The zero-order chi connectivity index (χ0) is 25.6. The quantitative estimate of drug-likeness (QED) is 0.287. The van der Waals surface area contributed by atoms with E-state index in [1.807, 2.05) is 31.2 Å². The van der Waals surface area contributed by atoms with Gasteiger partial charge in [0.25, 0.3) is 0 Å². The highest BCUT2D eigenvalue weighted by Gasteiger charge is 2.54. The van der Waals surface area contributed by atoms with Crippen LogP contribution in [0.4, 0.5) is 10.5 Å². The van der Waals surface area contributed by atoms with E-state index in [2.05, 4.69) is 32.1 Å². The highest BCUT2D eigenvalue weighted by Crippen LogP contribution is 2.51. The van der Waals surface area contributed by atoms with Gasteiger partial charge >= 0.3 is 12.1 Å². The Hall–Kier alpha value is -4.27. The van der Waals surface area contributed by atoms with Crippen molar-refractivity contribution >= 4 is 61.1 Å². The summed E-state index contributed by atoms with van der Waals surface area (Å²) in [6.07, 6.45) is 3.70. The molecular formula is C26H18N4O5S2. The molecule has 0 unspecified atom stereocenters. The number of amides is 1. The lowest BCUT2D eigenvalue weighted by molar-refractivity contribution is -0.140. The van der Waals surface area contributed by atoms with Gasteiger partial charge in [0.15, 0.2) is 16.2 Å². The summed E-state index contributed by atoms with van der Waals surface area (Å²) >= 11 is 2.69. The number of nitrogens with one attached hydrogen (secondary N) is 1. The Morgan fingerprint density at radius 2 is 2.03 bits per heavy atom. The fraction of sp³-hybridized carbons (Fsp3) is 0.192. The number of aliphatic carboxylic acids is 1. The summed E-state index contributed by atoms with van der Waals surface area (Å²) in [4.78, 5) is 37.2. The fourth-order valence-electron chi connectivity index (χ4n) is 3.87. The Labute approximate surface area is 218 Å². The Kier molecular flexibility index (Phi) is 5.62. The van der Waals surface area contributed by atoms with E-state index in [0.717, 1.165) is 15.1 Å². The molecule has 11 heteroatoms. The topological polar surface area (TPSA) is 127 Å². The second-order valence-corrected chi connectivity index (χ2v) is 10.8. The molecule has 5 aromatic rings. The molecule has 1 fully saturated rings. The van der Waals surface area contributed by atoms with Crippen molar-refractivity contribution in [3.8, 4) is 11.8 Å². The third kappa shape index (κ3) is 4.30. The Morgan fingerprint density at radius 3 is 2.78 bits per heavy atom. The minimum atomic E-state index is -0.854. The van der Waals surface area contributed by atoms with Crippen LogP contribution in [0.15, 0.2) is 47.1 Å². The number of carboxylic acids is 1. The van der Waals surface area contributed by atoms with Gasteiger partial charge in [0.2, 0.25) is 5.76 Å². The number of rotatable bonds is 5. The number of aromatic nitrogens is 3. The van der Waals surface area contributed by atoms with E-state index in [9.17, 15) is 14.7 Å². The standard InChI is InChI=1S/C26H18N4O5S2/c1-14-4-2-3-5-15(14)13-34-25(33)29-20-16-8-11-27-12-18(16)35-17(20)6-7-19-28-21-22(36-19)37-23(30-21)26(9-10-26)24(31)32/h2-5,8,11-12H,9-10,13H2,1H3,(H,29,33)(H,31,32). The van der Waals surface area contributed by atoms with Gasteiger partial charge in [0.1, 0.15) is 26.7 Å². The van der Waals surface area contributed by atoms with E-state index in [0.29, 0.717) is 45.2 Å². The van der Waals surface area contributed by atoms with Crippen LogP contribution < -0.4 is 5.32 Å². The van der Waals surface area contributed by atoms with Gasteiger partial charge in [-0.1, -0.05) is 35.6 Å². The van der Waals surface area contributed by atoms with Gasteiger partial charge in [-0.05, 0) is 48.8 Å². The van der Waals surface area contributed by atoms with Crippen LogP contribution in [0, 0.1) is 18.8 Å². The molecule has 0 aliphatic heterocycles. The van der Waals surface area contributed by atoms with Crippen molar-refractivity contribution in [3.05, 3.63) is 69.6 Å².